The van der Waals surface area contributed by atoms with Crippen LogP contribution in [0, 0.1) is 57.1 Å². The molecule has 2 aromatic carbocycles. The number of aromatic nitrogens is 4. The zero-order valence-electron chi connectivity index (χ0n) is 40.5. The first-order valence-corrected chi connectivity index (χ1v) is 30.1. The van der Waals surface area contributed by atoms with E-state index in [-0.39, 0.29) is 17.6 Å². The molecule has 64 heavy (non-hydrogen) atoms. The lowest BCUT2D eigenvalue weighted by atomic mass is 9.88. The highest BCUT2D eigenvalue weighted by Gasteiger charge is 2.48. The van der Waals surface area contributed by atoms with Crippen LogP contribution in [-0.4, -0.2) is 72.6 Å². The summed E-state index contributed by atoms with van der Waals surface area (Å²) in [6.07, 6.45) is 3.61. The average molecular weight is 922 g/mol. The summed E-state index contributed by atoms with van der Waals surface area (Å²) < 4.78 is 50.4. The Labute approximate surface area is 381 Å². The third kappa shape index (κ3) is 14.6. The molecule has 2 fully saturated rings. The van der Waals surface area contributed by atoms with Crippen molar-refractivity contribution in [1.29, 1.82) is 0 Å². The lowest BCUT2D eigenvalue weighted by Gasteiger charge is -2.29. The molecule has 1 atom stereocenters. The van der Waals surface area contributed by atoms with Crippen molar-refractivity contribution in [2.75, 3.05) is 24.3 Å². The molecule has 2 heterocycles. The van der Waals surface area contributed by atoms with Crippen LogP contribution in [-0.2, 0) is 32.5 Å². The van der Waals surface area contributed by atoms with E-state index in [1.54, 1.807) is 54.4 Å². The highest BCUT2D eigenvalue weighted by atomic mass is 28.3. The van der Waals surface area contributed by atoms with Crippen molar-refractivity contribution < 1.29 is 32.6 Å². The largest absolute Gasteiger partial charge is 0.444 e. The van der Waals surface area contributed by atoms with Gasteiger partial charge in [-0.25, -0.2) is 22.9 Å². The number of hydrogen-bond acceptors (Lipinski definition) is 8. The van der Waals surface area contributed by atoms with Crippen LogP contribution in [0.3, 0.4) is 0 Å². The molecule has 4 N–H and O–H groups in total. The number of nitrogens with two attached hydrogens (primary N) is 1. The minimum absolute atomic E-state index is 0.0516. The van der Waals surface area contributed by atoms with Crippen LogP contribution in [0.25, 0.3) is 22.3 Å². The van der Waals surface area contributed by atoms with Gasteiger partial charge in [-0.2, -0.15) is 10.2 Å². The lowest BCUT2D eigenvalue weighted by Crippen LogP contribution is -2.51. The molecule has 6 rings (SSSR count). The number of rotatable bonds is 18. The van der Waals surface area contributed by atoms with Gasteiger partial charge in [-0.3, -0.25) is 4.79 Å². The molecule has 0 saturated heterocycles. The molecule has 16 heteroatoms. The van der Waals surface area contributed by atoms with Crippen LogP contribution in [0.15, 0.2) is 36.4 Å². The molecule has 2 saturated carbocycles. The molecule has 0 spiro atoms. The first-order valence-electron chi connectivity index (χ1n) is 22.7. The Morgan fingerprint density at radius 2 is 1.22 bits per heavy atom. The SMILES string of the molecule is Cc1nn(COCC[Si](C)(C)C)c(C)c1-c1ccc(N)cc1F.Cc1nn(COCC[Si](C)(C)C)c(C)c1-c1ccc(NC(=O)[C@@H](NC(=O)OC(C)(C)C)C(C2CC2)C2CC2)cc1F. The van der Waals surface area contributed by atoms with Gasteiger partial charge in [0.25, 0.3) is 0 Å². The molecule has 0 bridgehead atoms. The molecular formula is C48H73F2N7O5Si2. The van der Waals surface area contributed by atoms with E-state index in [9.17, 15) is 14.0 Å². The summed E-state index contributed by atoms with van der Waals surface area (Å²) in [5.41, 5.74) is 11.4. The number of alkyl carbamates (subject to hydrolysis) is 1. The second kappa shape index (κ2) is 20.8. The number of nitrogens with one attached hydrogen (secondary N) is 2. The van der Waals surface area contributed by atoms with E-state index >= 15 is 4.39 Å². The summed E-state index contributed by atoms with van der Waals surface area (Å²) in [6.45, 7) is 29.0. The maximum atomic E-state index is 15.5. The summed E-state index contributed by atoms with van der Waals surface area (Å²) in [4.78, 5) is 26.2. The Hall–Kier alpha value is -4.39. The monoisotopic (exact) mass is 922 g/mol. The van der Waals surface area contributed by atoms with Gasteiger partial charge < -0.3 is 30.6 Å². The number of hydrogen-bond donors (Lipinski definition) is 3. The van der Waals surface area contributed by atoms with E-state index in [1.807, 2.05) is 27.7 Å². The van der Waals surface area contributed by atoms with Crippen molar-refractivity contribution in [2.45, 2.75) is 151 Å². The van der Waals surface area contributed by atoms with Crippen molar-refractivity contribution in [2.24, 2.45) is 17.8 Å². The average Bonchev–Trinajstić information content (AvgIpc) is 4.11. The molecule has 12 nitrogen and oxygen atoms in total. The van der Waals surface area contributed by atoms with Gasteiger partial charge in [0.05, 0.1) is 11.4 Å². The third-order valence-electron chi connectivity index (χ3n) is 11.6. The van der Waals surface area contributed by atoms with Crippen LogP contribution in [0.2, 0.25) is 51.4 Å². The van der Waals surface area contributed by atoms with Gasteiger partial charge in [0, 0.05) is 74.4 Å². The minimum Gasteiger partial charge on any atom is -0.444 e. The highest BCUT2D eigenvalue weighted by Crippen LogP contribution is 2.51. The summed E-state index contributed by atoms with van der Waals surface area (Å²) in [5, 5.41) is 14.8. The molecule has 4 aromatic rings. The smallest absolute Gasteiger partial charge is 0.408 e. The van der Waals surface area contributed by atoms with Crippen molar-refractivity contribution in [3.05, 3.63) is 70.8 Å². The van der Waals surface area contributed by atoms with Crippen LogP contribution in [0.4, 0.5) is 25.0 Å². The number of aryl methyl sites for hydroxylation is 2. The van der Waals surface area contributed by atoms with E-state index in [0.29, 0.717) is 60.1 Å². The fraction of sp³-hybridized carbons (Fsp3) is 0.583. The normalized spacial score (nSPS) is 14.9. The Balaban J connectivity index is 0.000000283. The lowest BCUT2D eigenvalue weighted by molar-refractivity contribution is -0.120. The van der Waals surface area contributed by atoms with Crippen LogP contribution >= 0.6 is 0 Å². The predicted molar refractivity (Wildman–Crippen MR) is 258 cm³/mol. The number of ether oxygens (including phenoxy) is 3. The van der Waals surface area contributed by atoms with Crippen LogP contribution in [0.5, 0.6) is 0 Å². The van der Waals surface area contributed by atoms with E-state index in [4.69, 9.17) is 19.9 Å². The number of amides is 2. The molecular weight excluding hydrogens is 849 g/mol. The van der Waals surface area contributed by atoms with Gasteiger partial charge in [-0.1, -0.05) is 39.3 Å². The second-order valence-electron chi connectivity index (χ2n) is 21.1. The number of nitrogens with zero attached hydrogens (tertiary/aromatic N) is 4. The van der Waals surface area contributed by atoms with Crippen molar-refractivity contribution in [3.63, 3.8) is 0 Å². The van der Waals surface area contributed by atoms with Crippen molar-refractivity contribution in [3.8, 4) is 22.3 Å². The van der Waals surface area contributed by atoms with Gasteiger partial charge in [-0.05, 0) is 140 Å². The minimum atomic E-state index is -1.19. The predicted octanol–water partition coefficient (Wildman–Crippen LogP) is 11.1. The molecule has 352 valence electrons. The van der Waals surface area contributed by atoms with Gasteiger partial charge in [0.2, 0.25) is 5.91 Å². The zero-order valence-corrected chi connectivity index (χ0v) is 42.5. The molecule has 0 radical (unpaired) electrons. The van der Waals surface area contributed by atoms with Crippen molar-refractivity contribution in [1.82, 2.24) is 24.9 Å². The van der Waals surface area contributed by atoms with Gasteiger partial charge in [0.1, 0.15) is 36.7 Å². The van der Waals surface area contributed by atoms with E-state index in [0.717, 1.165) is 72.6 Å². The number of benzene rings is 2. The fourth-order valence-corrected chi connectivity index (χ4v) is 9.41. The summed E-state index contributed by atoms with van der Waals surface area (Å²) in [7, 11) is -2.29. The molecule has 0 unspecified atom stereocenters. The van der Waals surface area contributed by atoms with Crippen molar-refractivity contribution >= 4 is 39.5 Å². The topological polar surface area (TPSA) is 148 Å². The molecule has 2 aromatic heterocycles. The van der Waals surface area contributed by atoms with Gasteiger partial charge >= 0.3 is 6.09 Å². The van der Waals surface area contributed by atoms with Gasteiger partial charge in [-0.15, -0.1) is 0 Å². The Bertz CT molecular complexity index is 2240. The van der Waals surface area contributed by atoms with Gasteiger partial charge in [0.15, 0.2) is 0 Å². The Morgan fingerprint density at radius 3 is 1.62 bits per heavy atom. The van der Waals surface area contributed by atoms with Crippen LogP contribution < -0.4 is 16.4 Å². The number of anilines is 2. The quantitative estimate of drug-likeness (QED) is 0.0508. The number of carbonyl (C=O) groups is 2. The number of halogens is 2. The second-order valence-corrected chi connectivity index (χ2v) is 32.3. The molecule has 2 amide bonds. The summed E-state index contributed by atoms with van der Waals surface area (Å²) in [5.74, 6) is -0.247. The fourth-order valence-electron chi connectivity index (χ4n) is 7.90. The Morgan fingerprint density at radius 1 is 0.766 bits per heavy atom. The third-order valence-corrected chi connectivity index (χ3v) is 15.0. The standard InChI is InChI=1S/C31H47FN4O4Si.C17H26FN3OSi/c1-19-26(20(2)36(35-19)18-39-15-16-41(6,7)8)24-14-13-23(17-25(24)32)33-29(37)28(34-30(38)40-31(3,4)5)27(21-9-10-21)22-11-12-22;1-12-17(15-7-6-14(19)10-16(15)18)13(2)21(20-12)11-22-8-9-23(3,4)5/h13-14,17,21-22,27-28H,9-12,15-16,18H2,1-8H3,(H,33,37)(H,34,38);6-7,10H,8-9,11,19H2,1-5H3/t28-;/m0./s1. The zero-order chi connectivity index (χ0) is 47.3. The summed E-state index contributed by atoms with van der Waals surface area (Å²) in [6, 6.07) is 10.9. The number of nitrogen functional groups attached to an aromatic ring is 1. The van der Waals surface area contributed by atoms with Crippen LogP contribution in [0.1, 0.15) is 69.2 Å². The number of carbonyl (C=O) groups excluding carboxylic acids is 2. The Kier molecular flexibility index (Phi) is 16.5. The van der Waals surface area contributed by atoms with E-state index < -0.39 is 39.7 Å². The van der Waals surface area contributed by atoms with E-state index in [1.165, 1.54) is 12.1 Å². The molecule has 2 aliphatic carbocycles. The molecule has 0 aliphatic heterocycles. The summed E-state index contributed by atoms with van der Waals surface area (Å²) >= 11 is 0. The maximum absolute atomic E-state index is 15.5. The highest BCUT2D eigenvalue weighted by molar-refractivity contribution is 6.76. The maximum Gasteiger partial charge on any atom is 0.408 e. The first-order chi connectivity index (χ1) is 29.8. The molecule has 2 aliphatic rings. The first kappa shape index (κ1) is 50.6. The van der Waals surface area contributed by atoms with E-state index in [2.05, 4.69) is 60.1 Å².